The third-order valence-corrected chi connectivity index (χ3v) is 5.41. The lowest BCUT2D eigenvalue weighted by atomic mass is 9.72. The molecule has 2 heterocycles. The van der Waals surface area contributed by atoms with Crippen molar-refractivity contribution in [3.05, 3.63) is 65.2 Å². The Labute approximate surface area is 143 Å². The summed E-state index contributed by atoms with van der Waals surface area (Å²) in [5.41, 5.74) is 2.08. The van der Waals surface area contributed by atoms with E-state index in [1.54, 1.807) is 29.8 Å². The van der Waals surface area contributed by atoms with Gasteiger partial charge in [0.25, 0.3) is 0 Å². The molecule has 1 aliphatic carbocycles. The van der Waals surface area contributed by atoms with Crippen molar-refractivity contribution in [3.63, 3.8) is 0 Å². The van der Waals surface area contributed by atoms with Gasteiger partial charge in [0, 0.05) is 29.9 Å². The van der Waals surface area contributed by atoms with Crippen LogP contribution in [-0.2, 0) is 12.1 Å². The van der Waals surface area contributed by atoms with Gasteiger partial charge >= 0.3 is 0 Å². The molecule has 0 radical (unpaired) electrons. The summed E-state index contributed by atoms with van der Waals surface area (Å²) in [6.07, 6.45) is 6.76. The molecule has 0 atom stereocenters. The second-order valence-electron chi connectivity index (χ2n) is 6.01. The quantitative estimate of drug-likeness (QED) is 0.765. The Bertz CT molecular complexity index is 813. The zero-order chi connectivity index (χ0) is 16.4. The zero-order valence-corrected chi connectivity index (χ0v) is 13.9. The first-order chi connectivity index (χ1) is 11.8. The van der Waals surface area contributed by atoms with Crippen molar-refractivity contribution in [2.24, 2.45) is 0 Å². The number of halogens is 1. The molecule has 1 N–H and O–H groups in total. The maximum atomic E-state index is 13.2. The minimum atomic E-state index is -0.194. The number of nitrogens with zero attached hydrogens (tertiary/aromatic N) is 3. The fraction of sp³-hybridized carbons (Fsp3) is 0.278. The monoisotopic (exact) mass is 340 g/mol. The molecule has 2 aromatic heterocycles. The number of hydrogen-bond acceptors (Lipinski definition) is 5. The smallest absolute Gasteiger partial charge is 0.188 e. The average molecular weight is 340 g/mol. The van der Waals surface area contributed by atoms with Crippen LogP contribution < -0.4 is 5.32 Å². The van der Waals surface area contributed by atoms with Crippen LogP contribution in [0.4, 0.5) is 4.39 Å². The van der Waals surface area contributed by atoms with E-state index in [9.17, 15) is 4.39 Å². The first-order valence-corrected chi connectivity index (χ1v) is 8.86. The predicted molar refractivity (Wildman–Crippen MR) is 91.9 cm³/mol. The van der Waals surface area contributed by atoms with E-state index in [0.717, 1.165) is 29.1 Å². The van der Waals surface area contributed by atoms with Gasteiger partial charge in [-0.1, -0.05) is 12.1 Å². The molecule has 0 unspecified atom stereocenters. The zero-order valence-electron chi connectivity index (χ0n) is 13.1. The van der Waals surface area contributed by atoms with E-state index in [1.807, 2.05) is 17.5 Å². The number of benzene rings is 1. The van der Waals surface area contributed by atoms with Gasteiger partial charge in [-0.2, -0.15) is 0 Å². The van der Waals surface area contributed by atoms with Gasteiger partial charge in [-0.15, -0.1) is 11.3 Å². The molecular formula is C18H17FN4S. The Morgan fingerprint density at radius 2 is 1.88 bits per heavy atom. The molecule has 6 heteroatoms. The van der Waals surface area contributed by atoms with Crippen molar-refractivity contribution in [1.29, 1.82) is 0 Å². The Kier molecular flexibility index (Phi) is 4.08. The van der Waals surface area contributed by atoms with Gasteiger partial charge in [-0.05, 0) is 43.0 Å². The SMILES string of the molecule is Fc1ccc(C2(NCc3csc(-c4ncccn4)n3)CCC2)cc1. The molecule has 1 aromatic carbocycles. The van der Waals surface area contributed by atoms with Crippen molar-refractivity contribution in [1.82, 2.24) is 20.3 Å². The second kappa shape index (κ2) is 6.37. The molecule has 4 nitrogen and oxygen atoms in total. The predicted octanol–water partition coefficient (Wildman–Crippen LogP) is 3.91. The standard InChI is InChI=1S/C18H17FN4S/c19-14-5-3-13(4-6-14)18(7-1-8-18)22-11-15-12-24-17(23-15)16-20-9-2-10-21-16/h2-6,9-10,12,22H,1,7-8,11H2. The van der Waals surface area contributed by atoms with Crippen LogP contribution in [-0.4, -0.2) is 15.0 Å². The first-order valence-electron chi connectivity index (χ1n) is 7.98. The van der Waals surface area contributed by atoms with Gasteiger partial charge in [0.15, 0.2) is 10.8 Å². The third kappa shape index (κ3) is 2.95. The van der Waals surface area contributed by atoms with Gasteiger partial charge in [0.2, 0.25) is 0 Å². The Morgan fingerprint density at radius 1 is 1.12 bits per heavy atom. The maximum absolute atomic E-state index is 13.2. The highest BCUT2D eigenvalue weighted by atomic mass is 32.1. The average Bonchev–Trinajstić information content (AvgIpc) is 3.05. The molecule has 122 valence electrons. The Hall–Kier alpha value is -2.18. The molecule has 1 fully saturated rings. The van der Waals surface area contributed by atoms with Crippen LogP contribution in [0, 0.1) is 5.82 Å². The topological polar surface area (TPSA) is 50.7 Å². The van der Waals surface area contributed by atoms with Crippen LogP contribution in [0.25, 0.3) is 10.8 Å². The number of rotatable bonds is 5. The number of hydrogen-bond donors (Lipinski definition) is 1. The van der Waals surface area contributed by atoms with E-state index < -0.39 is 0 Å². The molecule has 1 aliphatic rings. The maximum Gasteiger partial charge on any atom is 0.188 e. The van der Waals surface area contributed by atoms with Gasteiger partial charge in [-0.3, -0.25) is 0 Å². The molecule has 0 saturated heterocycles. The summed E-state index contributed by atoms with van der Waals surface area (Å²) in [6.45, 7) is 0.681. The van der Waals surface area contributed by atoms with Crippen LogP contribution in [0.3, 0.4) is 0 Å². The third-order valence-electron chi connectivity index (χ3n) is 4.52. The highest BCUT2D eigenvalue weighted by Crippen LogP contribution is 2.41. The van der Waals surface area contributed by atoms with Gasteiger partial charge in [0.1, 0.15) is 5.82 Å². The minimum Gasteiger partial charge on any atom is -0.302 e. The second-order valence-corrected chi connectivity index (χ2v) is 6.87. The lowest BCUT2D eigenvalue weighted by Gasteiger charge is -2.43. The van der Waals surface area contributed by atoms with E-state index in [1.165, 1.54) is 18.6 Å². The molecule has 3 aromatic rings. The van der Waals surface area contributed by atoms with Crippen molar-refractivity contribution >= 4 is 11.3 Å². The lowest BCUT2D eigenvalue weighted by Crippen LogP contribution is -2.47. The van der Waals surface area contributed by atoms with Crippen molar-refractivity contribution in [2.75, 3.05) is 0 Å². The molecule has 0 aliphatic heterocycles. The fourth-order valence-corrected chi connectivity index (χ4v) is 3.79. The molecule has 24 heavy (non-hydrogen) atoms. The summed E-state index contributed by atoms with van der Waals surface area (Å²) in [6, 6.07) is 8.62. The molecular weight excluding hydrogens is 323 g/mol. The fourth-order valence-electron chi connectivity index (χ4n) is 3.03. The largest absolute Gasteiger partial charge is 0.302 e. The minimum absolute atomic E-state index is 0.0548. The number of thiazole rings is 1. The van der Waals surface area contributed by atoms with Crippen molar-refractivity contribution < 1.29 is 4.39 Å². The molecule has 1 saturated carbocycles. The number of aromatic nitrogens is 3. The molecule has 0 amide bonds. The normalized spacial score (nSPS) is 15.9. The van der Waals surface area contributed by atoms with Crippen LogP contribution in [0.5, 0.6) is 0 Å². The summed E-state index contributed by atoms with van der Waals surface area (Å²) in [5.74, 6) is 0.464. The molecule has 4 rings (SSSR count). The first kappa shape index (κ1) is 15.4. The van der Waals surface area contributed by atoms with E-state index in [2.05, 4.69) is 20.3 Å². The van der Waals surface area contributed by atoms with Crippen LogP contribution in [0.15, 0.2) is 48.1 Å². The van der Waals surface area contributed by atoms with Crippen LogP contribution in [0.1, 0.15) is 30.5 Å². The summed E-state index contributed by atoms with van der Waals surface area (Å²) in [5, 5.41) is 6.50. The molecule has 0 spiro atoms. The van der Waals surface area contributed by atoms with Gasteiger partial charge < -0.3 is 5.32 Å². The van der Waals surface area contributed by atoms with Crippen LogP contribution in [0.2, 0.25) is 0 Å². The highest BCUT2D eigenvalue weighted by molar-refractivity contribution is 7.13. The van der Waals surface area contributed by atoms with E-state index in [-0.39, 0.29) is 11.4 Å². The van der Waals surface area contributed by atoms with Crippen LogP contribution >= 0.6 is 11.3 Å². The summed E-state index contributed by atoms with van der Waals surface area (Å²) in [4.78, 5) is 13.1. The van der Waals surface area contributed by atoms with Gasteiger partial charge in [0.05, 0.1) is 5.69 Å². The Balaban J connectivity index is 1.48. The van der Waals surface area contributed by atoms with E-state index in [4.69, 9.17) is 0 Å². The van der Waals surface area contributed by atoms with E-state index >= 15 is 0 Å². The molecule has 0 bridgehead atoms. The summed E-state index contributed by atoms with van der Waals surface area (Å²) in [7, 11) is 0. The Morgan fingerprint density at radius 3 is 2.54 bits per heavy atom. The highest BCUT2D eigenvalue weighted by Gasteiger charge is 2.38. The van der Waals surface area contributed by atoms with Gasteiger partial charge in [-0.25, -0.2) is 19.3 Å². The summed E-state index contributed by atoms with van der Waals surface area (Å²) >= 11 is 1.55. The van der Waals surface area contributed by atoms with Crippen molar-refractivity contribution in [2.45, 2.75) is 31.3 Å². The summed E-state index contributed by atoms with van der Waals surface area (Å²) < 4.78 is 13.2. The van der Waals surface area contributed by atoms with E-state index in [0.29, 0.717) is 12.4 Å². The number of nitrogens with one attached hydrogen (secondary N) is 1. The lowest BCUT2D eigenvalue weighted by molar-refractivity contribution is 0.183. The van der Waals surface area contributed by atoms with Crippen molar-refractivity contribution in [3.8, 4) is 10.8 Å².